The Kier molecular flexibility index (Phi) is 5.13. The molecular weight excluding hydrogens is 314 g/mol. The van der Waals surface area contributed by atoms with Crippen LogP contribution in [-0.4, -0.2) is 23.6 Å². The normalized spacial score (nSPS) is 21.6. The molecule has 136 valence electrons. The fourth-order valence-corrected chi connectivity index (χ4v) is 3.35. The lowest BCUT2D eigenvalue weighted by molar-refractivity contribution is 0.181. The summed E-state index contributed by atoms with van der Waals surface area (Å²) in [5.41, 5.74) is 0.816. The Morgan fingerprint density at radius 3 is 2.76 bits per heavy atom. The van der Waals surface area contributed by atoms with Gasteiger partial charge in [-0.3, -0.25) is 0 Å². The van der Waals surface area contributed by atoms with E-state index in [-0.39, 0.29) is 11.5 Å². The molecule has 1 aliphatic rings. The van der Waals surface area contributed by atoms with E-state index in [0.717, 1.165) is 42.5 Å². The van der Waals surface area contributed by atoms with Crippen LogP contribution in [0.4, 0.5) is 5.82 Å². The molecular formula is C20H29N3O2. The van der Waals surface area contributed by atoms with Crippen LogP contribution in [0.5, 0.6) is 0 Å². The molecule has 3 rings (SSSR count). The first-order valence-corrected chi connectivity index (χ1v) is 9.06. The van der Waals surface area contributed by atoms with Crippen LogP contribution < -0.4 is 4.90 Å². The van der Waals surface area contributed by atoms with Crippen molar-refractivity contribution in [2.45, 2.75) is 58.6 Å². The number of ether oxygens (including phenoxy) is 1. The van der Waals surface area contributed by atoms with Gasteiger partial charge in [-0.15, -0.1) is 0 Å². The van der Waals surface area contributed by atoms with Crippen molar-refractivity contribution in [1.82, 2.24) is 9.97 Å². The number of rotatable bonds is 4. The molecule has 1 fully saturated rings. The quantitative estimate of drug-likeness (QED) is 0.818. The molecule has 0 amide bonds. The first kappa shape index (κ1) is 17.9. The van der Waals surface area contributed by atoms with Crippen LogP contribution in [0.2, 0.25) is 0 Å². The van der Waals surface area contributed by atoms with Gasteiger partial charge in [0.05, 0.1) is 24.6 Å². The van der Waals surface area contributed by atoms with E-state index >= 15 is 0 Å². The summed E-state index contributed by atoms with van der Waals surface area (Å²) in [6.45, 7) is 10.2. The zero-order chi connectivity index (χ0) is 18.0. The molecule has 3 heterocycles. The minimum Gasteiger partial charge on any atom is -0.467 e. The molecule has 0 saturated carbocycles. The highest BCUT2D eigenvalue weighted by molar-refractivity contribution is 5.44. The van der Waals surface area contributed by atoms with Crippen molar-refractivity contribution in [2.24, 2.45) is 5.92 Å². The largest absolute Gasteiger partial charge is 0.467 e. The molecule has 0 aliphatic carbocycles. The first-order chi connectivity index (χ1) is 11.9. The zero-order valence-electron chi connectivity index (χ0n) is 16.0. The maximum absolute atomic E-state index is 5.74. The zero-order valence-corrected chi connectivity index (χ0v) is 16.0. The maximum atomic E-state index is 5.74. The molecule has 2 unspecified atom stereocenters. The Bertz CT molecular complexity index is 691. The van der Waals surface area contributed by atoms with Crippen LogP contribution in [0.3, 0.4) is 0 Å². The summed E-state index contributed by atoms with van der Waals surface area (Å²) < 4.78 is 11.1. The van der Waals surface area contributed by atoms with E-state index in [9.17, 15) is 0 Å². The van der Waals surface area contributed by atoms with Gasteiger partial charge in [-0.25, -0.2) is 9.97 Å². The van der Waals surface area contributed by atoms with Crippen LogP contribution in [0.1, 0.15) is 63.9 Å². The van der Waals surface area contributed by atoms with Gasteiger partial charge in [-0.05, 0) is 30.9 Å². The highest BCUT2D eigenvalue weighted by Crippen LogP contribution is 2.37. The van der Waals surface area contributed by atoms with Crippen molar-refractivity contribution in [3.63, 3.8) is 0 Å². The minimum absolute atomic E-state index is 0.109. The van der Waals surface area contributed by atoms with Crippen molar-refractivity contribution in [3.8, 4) is 0 Å². The third-order valence-corrected chi connectivity index (χ3v) is 4.76. The van der Waals surface area contributed by atoms with Gasteiger partial charge in [-0.1, -0.05) is 27.7 Å². The molecule has 0 radical (unpaired) electrons. The summed E-state index contributed by atoms with van der Waals surface area (Å²) >= 11 is 0. The highest BCUT2D eigenvalue weighted by atomic mass is 16.5. The van der Waals surface area contributed by atoms with Gasteiger partial charge in [0.1, 0.15) is 17.4 Å². The monoisotopic (exact) mass is 343 g/mol. The average molecular weight is 343 g/mol. The van der Waals surface area contributed by atoms with E-state index in [1.54, 1.807) is 13.4 Å². The molecule has 25 heavy (non-hydrogen) atoms. The average Bonchev–Trinajstić information content (AvgIpc) is 3.08. The van der Waals surface area contributed by atoms with Gasteiger partial charge in [0.25, 0.3) is 0 Å². The van der Waals surface area contributed by atoms with E-state index in [1.807, 2.05) is 6.07 Å². The van der Waals surface area contributed by atoms with Crippen LogP contribution >= 0.6 is 0 Å². The van der Waals surface area contributed by atoms with Crippen molar-refractivity contribution >= 4 is 5.82 Å². The van der Waals surface area contributed by atoms with E-state index < -0.39 is 0 Å². The fourth-order valence-electron chi connectivity index (χ4n) is 3.35. The van der Waals surface area contributed by atoms with Gasteiger partial charge in [0, 0.05) is 25.1 Å². The molecule has 5 nitrogen and oxygen atoms in total. The van der Waals surface area contributed by atoms with Crippen LogP contribution in [0.25, 0.3) is 0 Å². The van der Waals surface area contributed by atoms with Crippen LogP contribution in [0, 0.1) is 5.92 Å². The Morgan fingerprint density at radius 2 is 2.12 bits per heavy atom. The van der Waals surface area contributed by atoms with Crippen molar-refractivity contribution in [1.29, 1.82) is 0 Å². The third kappa shape index (κ3) is 4.03. The van der Waals surface area contributed by atoms with Crippen molar-refractivity contribution < 1.29 is 9.15 Å². The minimum atomic E-state index is -0.109. The molecule has 0 aromatic carbocycles. The van der Waals surface area contributed by atoms with Gasteiger partial charge < -0.3 is 14.1 Å². The Labute approximate surface area is 150 Å². The number of methoxy groups -OCH3 is 1. The van der Waals surface area contributed by atoms with E-state index in [2.05, 4.69) is 44.7 Å². The second kappa shape index (κ2) is 7.16. The molecule has 2 aromatic rings. The number of aromatic nitrogens is 2. The second-order valence-corrected chi connectivity index (χ2v) is 8.08. The molecule has 0 bridgehead atoms. The smallest absolute Gasteiger partial charge is 0.136 e. The Balaban J connectivity index is 2.01. The van der Waals surface area contributed by atoms with E-state index in [1.165, 1.54) is 0 Å². The number of furan rings is 1. The molecule has 0 N–H and O–H groups in total. The summed E-state index contributed by atoms with van der Waals surface area (Å²) in [6.07, 6.45) is 3.98. The predicted molar refractivity (Wildman–Crippen MR) is 98.6 cm³/mol. The second-order valence-electron chi connectivity index (χ2n) is 8.08. The molecule has 1 aliphatic heterocycles. The van der Waals surface area contributed by atoms with Crippen molar-refractivity contribution in [2.75, 3.05) is 18.6 Å². The first-order valence-electron chi connectivity index (χ1n) is 9.06. The predicted octanol–water partition coefficient (Wildman–Crippen LogP) is 4.49. The summed E-state index contributed by atoms with van der Waals surface area (Å²) in [5.74, 6) is 3.51. The van der Waals surface area contributed by atoms with E-state index in [0.29, 0.717) is 12.5 Å². The molecule has 2 aromatic heterocycles. The molecule has 5 heteroatoms. The fraction of sp³-hybridized carbons (Fsp3) is 0.600. The lowest BCUT2D eigenvalue weighted by Gasteiger charge is -2.38. The highest BCUT2D eigenvalue weighted by Gasteiger charge is 2.31. The SMILES string of the molecule is COCc1cc(N2CCC(C)CC2c2ccco2)nc(C(C)(C)C)n1. The molecule has 0 spiro atoms. The number of piperidine rings is 1. The lowest BCUT2D eigenvalue weighted by Crippen LogP contribution is -2.37. The topological polar surface area (TPSA) is 51.4 Å². The number of nitrogens with zero attached hydrogens (tertiary/aromatic N) is 3. The third-order valence-electron chi connectivity index (χ3n) is 4.76. The summed E-state index contributed by atoms with van der Waals surface area (Å²) in [5, 5.41) is 0. The number of hydrogen-bond acceptors (Lipinski definition) is 5. The van der Waals surface area contributed by atoms with Crippen molar-refractivity contribution in [3.05, 3.63) is 41.7 Å². The van der Waals surface area contributed by atoms with Gasteiger partial charge in [0.15, 0.2) is 0 Å². The number of hydrogen-bond donors (Lipinski definition) is 0. The summed E-state index contributed by atoms with van der Waals surface area (Å²) in [4.78, 5) is 12.0. The number of anilines is 1. The van der Waals surface area contributed by atoms with Gasteiger partial charge >= 0.3 is 0 Å². The summed E-state index contributed by atoms with van der Waals surface area (Å²) in [6, 6.07) is 6.31. The maximum Gasteiger partial charge on any atom is 0.136 e. The molecule has 1 saturated heterocycles. The van der Waals surface area contributed by atoms with Crippen LogP contribution in [0.15, 0.2) is 28.9 Å². The Morgan fingerprint density at radius 1 is 1.32 bits per heavy atom. The summed E-state index contributed by atoms with van der Waals surface area (Å²) in [7, 11) is 1.70. The Hall–Kier alpha value is -1.88. The van der Waals surface area contributed by atoms with E-state index in [4.69, 9.17) is 19.1 Å². The standard InChI is InChI=1S/C20H29N3O2/c1-14-8-9-23(16(11-14)17-7-6-10-25-17)18-12-15(13-24-5)21-19(22-18)20(2,3)4/h6-7,10,12,14,16H,8-9,11,13H2,1-5H3. The van der Waals surface area contributed by atoms with Gasteiger partial charge in [-0.2, -0.15) is 0 Å². The van der Waals surface area contributed by atoms with Crippen LogP contribution in [-0.2, 0) is 16.8 Å². The van der Waals surface area contributed by atoms with Gasteiger partial charge in [0.2, 0.25) is 0 Å². The molecule has 2 atom stereocenters. The lowest BCUT2D eigenvalue weighted by atomic mass is 9.91.